The second kappa shape index (κ2) is 4.80. The number of sulfonamides is 1. The van der Waals surface area contributed by atoms with Crippen molar-refractivity contribution in [3.63, 3.8) is 0 Å². The number of fused-ring (bicyclic) bond motifs is 2. The van der Waals surface area contributed by atoms with Gasteiger partial charge >= 0.3 is 0 Å². The first kappa shape index (κ1) is 13.5. The highest BCUT2D eigenvalue weighted by molar-refractivity contribution is 7.89. The summed E-state index contributed by atoms with van der Waals surface area (Å²) in [7, 11) is -3.62. The number of rotatable bonds is 4. The molecular formula is C12H15N3O4S. The van der Waals surface area contributed by atoms with Crippen molar-refractivity contribution in [2.24, 2.45) is 0 Å². The minimum absolute atomic E-state index is 0.0610. The maximum Gasteiger partial charge on any atom is 0.269 e. The molecule has 2 saturated heterocycles. The highest BCUT2D eigenvalue weighted by Crippen LogP contribution is 2.29. The Balaban J connectivity index is 1.76. The molecule has 3 rings (SSSR count). The van der Waals surface area contributed by atoms with E-state index >= 15 is 0 Å². The number of benzene rings is 1. The van der Waals surface area contributed by atoms with Gasteiger partial charge in [-0.15, -0.1) is 0 Å². The van der Waals surface area contributed by atoms with E-state index in [1.807, 2.05) is 0 Å². The molecule has 8 heteroatoms. The van der Waals surface area contributed by atoms with E-state index in [1.54, 1.807) is 0 Å². The van der Waals surface area contributed by atoms with Crippen LogP contribution in [0, 0.1) is 10.1 Å². The Hall–Kier alpha value is -1.51. The van der Waals surface area contributed by atoms with Crippen LogP contribution in [0.4, 0.5) is 5.69 Å². The second-order valence-corrected chi connectivity index (χ2v) is 6.98. The van der Waals surface area contributed by atoms with Crippen LogP contribution in [-0.4, -0.2) is 31.5 Å². The minimum Gasteiger partial charge on any atom is -0.310 e. The van der Waals surface area contributed by atoms with Crippen molar-refractivity contribution in [1.29, 1.82) is 0 Å². The molecule has 2 bridgehead atoms. The molecule has 2 N–H and O–H groups in total. The molecule has 7 nitrogen and oxygen atoms in total. The predicted octanol–water partition coefficient (Wildman–Crippen LogP) is 0.766. The molecular weight excluding hydrogens is 282 g/mol. The molecule has 2 heterocycles. The lowest BCUT2D eigenvalue weighted by atomic mass is 9.96. The molecule has 0 amide bonds. The molecule has 2 aliphatic rings. The third-order valence-electron chi connectivity index (χ3n) is 3.96. The number of nitrogens with one attached hydrogen (secondary N) is 2. The zero-order valence-corrected chi connectivity index (χ0v) is 11.5. The molecule has 1 aromatic rings. The van der Waals surface area contributed by atoms with Crippen molar-refractivity contribution in [3.8, 4) is 0 Å². The van der Waals surface area contributed by atoms with Crippen LogP contribution in [0.5, 0.6) is 0 Å². The summed E-state index contributed by atoms with van der Waals surface area (Å²) in [5.74, 6) is 0. The molecule has 0 aliphatic carbocycles. The van der Waals surface area contributed by atoms with Crippen LogP contribution < -0.4 is 10.0 Å². The lowest BCUT2D eigenvalue weighted by molar-refractivity contribution is -0.384. The van der Waals surface area contributed by atoms with Crippen LogP contribution in [0.3, 0.4) is 0 Å². The summed E-state index contributed by atoms with van der Waals surface area (Å²) in [5, 5.41) is 13.9. The van der Waals surface area contributed by atoms with Crippen molar-refractivity contribution >= 4 is 15.7 Å². The number of nitrogens with zero attached hydrogens (tertiary/aromatic N) is 1. The number of hydrogen-bond acceptors (Lipinski definition) is 5. The Morgan fingerprint density at radius 1 is 1.25 bits per heavy atom. The maximum absolute atomic E-state index is 12.2. The van der Waals surface area contributed by atoms with Crippen molar-refractivity contribution in [3.05, 3.63) is 34.4 Å². The van der Waals surface area contributed by atoms with Crippen LogP contribution in [0.25, 0.3) is 0 Å². The highest BCUT2D eigenvalue weighted by Gasteiger charge is 2.40. The normalized spacial score (nSPS) is 28.7. The molecule has 1 aromatic carbocycles. The monoisotopic (exact) mass is 297 g/mol. The van der Waals surface area contributed by atoms with Crippen molar-refractivity contribution in [2.75, 3.05) is 0 Å². The van der Waals surface area contributed by atoms with Crippen LogP contribution >= 0.6 is 0 Å². The zero-order chi connectivity index (χ0) is 14.3. The van der Waals surface area contributed by atoms with E-state index in [9.17, 15) is 18.5 Å². The van der Waals surface area contributed by atoms with Gasteiger partial charge in [-0.2, -0.15) is 0 Å². The van der Waals surface area contributed by atoms with Gasteiger partial charge in [-0.3, -0.25) is 10.1 Å². The van der Waals surface area contributed by atoms with Crippen LogP contribution in [0.1, 0.15) is 19.3 Å². The highest BCUT2D eigenvalue weighted by atomic mass is 32.2. The fourth-order valence-electron chi connectivity index (χ4n) is 2.97. The van der Waals surface area contributed by atoms with Gasteiger partial charge in [0.25, 0.3) is 5.69 Å². The summed E-state index contributed by atoms with van der Waals surface area (Å²) in [5.41, 5.74) is -0.120. The van der Waals surface area contributed by atoms with E-state index in [4.69, 9.17) is 0 Å². The van der Waals surface area contributed by atoms with Crippen LogP contribution in [0.15, 0.2) is 29.2 Å². The Kier molecular flexibility index (Phi) is 3.23. The van der Waals surface area contributed by atoms with Gasteiger partial charge in [0.05, 0.1) is 9.82 Å². The van der Waals surface area contributed by atoms with Crippen LogP contribution in [-0.2, 0) is 10.0 Å². The van der Waals surface area contributed by atoms with Crippen molar-refractivity contribution in [2.45, 2.75) is 42.3 Å². The Morgan fingerprint density at radius 3 is 2.45 bits per heavy atom. The molecule has 108 valence electrons. The molecule has 2 fully saturated rings. The summed E-state index contributed by atoms with van der Waals surface area (Å²) < 4.78 is 27.2. The van der Waals surface area contributed by atoms with E-state index in [0.717, 1.165) is 19.3 Å². The van der Waals surface area contributed by atoms with E-state index in [1.165, 1.54) is 24.3 Å². The van der Waals surface area contributed by atoms with Crippen molar-refractivity contribution < 1.29 is 13.3 Å². The van der Waals surface area contributed by atoms with Gasteiger partial charge in [0, 0.05) is 30.3 Å². The maximum atomic E-state index is 12.2. The van der Waals surface area contributed by atoms with Gasteiger partial charge in [-0.1, -0.05) is 0 Å². The van der Waals surface area contributed by atoms with Crippen LogP contribution in [0.2, 0.25) is 0 Å². The number of nitro groups is 1. The summed E-state index contributed by atoms with van der Waals surface area (Å²) in [6, 6.07) is 5.45. The first-order valence-electron chi connectivity index (χ1n) is 6.48. The first-order chi connectivity index (χ1) is 9.45. The zero-order valence-electron chi connectivity index (χ0n) is 10.7. The van der Waals surface area contributed by atoms with Gasteiger partial charge in [0.1, 0.15) is 0 Å². The van der Waals surface area contributed by atoms with E-state index in [2.05, 4.69) is 10.0 Å². The third-order valence-corrected chi connectivity index (χ3v) is 5.47. The standard InChI is InChI=1S/C12H15N3O4S/c16-15(17)9-2-4-10(5-3-9)20(18,19)14-12-7-8-1-6-11(12)13-8/h2-5,8,11-14H,1,6-7H2/t8-,11+,12-/m1/s1. The summed E-state index contributed by atoms with van der Waals surface area (Å²) in [6.45, 7) is 0. The lowest BCUT2D eigenvalue weighted by Gasteiger charge is -2.21. The molecule has 0 aromatic heterocycles. The van der Waals surface area contributed by atoms with Gasteiger partial charge < -0.3 is 5.32 Å². The van der Waals surface area contributed by atoms with E-state index in [-0.39, 0.29) is 22.7 Å². The summed E-state index contributed by atoms with van der Waals surface area (Å²) in [6.07, 6.45) is 2.88. The SMILES string of the molecule is O=[N+]([O-])c1ccc(S(=O)(=O)N[C@@H]2C[C@H]3CC[C@@H]2N3)cc1. The average molecular weight is 297 g/mol. The quantitative estimate of drug-likeness (QED) is 0.631. The Labute approximate surface area is 116 Å². The van der Waals surface area contributed by atoms with E-state index in [0.29, 0.717) is 6.04 Å². The molecule has 0 unspecified atom stereocenters. The minimum atomic E-state index is -3.62. The first-order valence-corrected chi connectivity index (χ1v) is 7.97. The molecule has 0 radical (unpaired) electrons. The van der Waals surface area contributed by atoms with E-state index < -0.39 is 14.9 Å². The largest absolute Gasteiger partial charge is 0.310 e. The number of non-ortho nitro benzene ring substituents is 1. The molecule has 20 heavy (non-hydrogen) atoms. The predicted molar refractivity (Wildman–Crippen MR) is 71.8 cm³/mol. The van der Waals surface area contributed by atoms with Gasteiger partial charge in [-0.05, 0) is 31.4 Å². The Morgan fingerprint density at radius 2 is 1.95 bits per heavy atom. The average Bonchev–Trinajstić information content (AvgIpc) is 3.00. The summed E-state index contributed by atoms with van der Waals surface area (Å²) in [4.78, 5) is 10.1. The Bertz CT molecular complexity index is 629. The molecule has 0 spiro atoms. The third kappa shape index (κ3) is 2.41. The molecule has 2 aliphatic heterocycles. The second-order valence-electron chi connectivity index (χ2n) is 5.26. The summed E-state index contributed by atoms with van der Waals surface area (Å²) >= 11 is 0. The van der Waals surface area contributed by atoms with Gasteiger partial charge in [-0.25, -0.2) is 13.1 Å². The van der Waals surface area contributed by atoms with Gasteiger partial charge in [0.2, 0.25) is 10.0 Å². The fraction of sp³-hybridized carbons (Fsp3) is 0.500. The smallest absolute Gasteiger partial charge is 0.269 e. The van der Waals surface area contributed by atoms with Crippen molar-refractivity contribution in [1.82, 2.24) is 10.0 Å². The number of nitro benzene ring substituents is 1. The number of hydrogen-bond donors (Lipinski definition) is 2. The topological polar surface area (TPSA) is 101 Å². The fourth-order valence-corrected chi connectivity index (χ4v) is 4.26. The van der Waals surface area contributed by atoms with Gasteiger partial charge in [0.15, 0.2) is 0 Å². The molecule has 3 atom stereocenters. The molecule has 0 saturated carbocycles. The lowest BCUT2D eigenvalue weighted by Crippen LogP contribution is -2.42.